The summed E-state index contributed by atoms with van der Waals surface area (Å²) in [7, 11) is 0. The van der Waals surface area contributed by atoms with E-state index in [1.807, 2.05) is 6.07 Å². The number of fused-ring (bicyclic) bond motifs is 1. The third-order valence-corrected chi connectivity index (χ3v) is 5.27. The van der Waals surface area contributed by atoms with Crippen molar-refractivity contribution in [3.63, 3.8) is 0 Å². The SMILES string of the molecule is O=C(Cc1cc(F)ccc1F)N1CCC(c2cc3ncccc3c(=O)[nH]2)CC1. The maximum absolute atomic E-state index is 13.8. The van der Waals surface area contributed by atoms with Crippen LogP contribution < -0.4 is 5.56 Å². The topological polar surface area (TPSA) is 66.1 Å². The van der Waals surface area contributed by atoms with Crippen LogP contribution in [0.2, 0.25) is 0 Å². The zero-order chi connectivity index (χ0) is 19.7. The number of piperidine rings is 1. The minimum Gasteiger partial charge on any atom is -0.342 e. The maximum atomic E-state index is 13.8. The van der Waals surface area contributed by atoms with Crippen molar-refractivity contribution in [2.75, 3.05) is 13.1 Å². The number of hydrogen-bond donors (Lipinski definition) is 1. The number of H-pyrrole nitrogens is 1. The molecule has 1 N–H and O–H groups in total. The van der Waals surface area contributed by atoms with Crippen LogP contribution in [0.15, 0.2) is 47.4 Å². The van der Waals surface area contributed by atoms with E-state index in [1.54, 1.807) is 23.2 Å². The molecule has 0 radical (unpaired) electrons. The first-order valence-electron chi connectivity index (χ1n) is 9.21. The molecule has 1 amide bonds. The van der Waals surface area contributed by atoms with Gasteiger partial charge in [-0.05, 0) is 49.2 Å². The van der Waals surface area contributed by atoms with Crippen molar-refractivity contribution < 1.29 is 13.6 Å². The molecular weight excluding hydrogens is 364 g/mol. The summed E-state index contributed by atoms with van der Waals surface area (Å²) in [6.45, 7) is 1.01. The van der Waals surface area contributed by atoms with Crippen molar-refractivity contribution >= 4 is 16.8 Å². The van der Waals surface area contributed by atoms with E-state index >= 15 is 0 Å². The van der Waals surface area contributed by atoms with Crippen molar-refractivity contribution in [1.82, 2.24) is 14.9 Å². The molecule has 1 saturated heterocycles. The number of nitrogens with one attached hydrogen (secondary N) is 1. The second-order valence-electron chi connectivity index (χ2n) is 7.06. The van der Waals surface area contributed by atoms with Crippen LogP contribution in [0.25, 0.3) is 10.9 Å². The van der Waals surface area contributed by atoms with Crippen molar-refractivity contribution in [3.05, 3.63) is 75.8 Å². The first kappa shape index (κ1) is 18.3. The fraction of sp³-hybridized carbons (Fsp3) is 0.286. The molecule has 0 spiro atoms. The first-order valence-corrected chi connectivity index (χ1v) is 9.21. The van der Waals surface area contributed by atoms with Crippen LogP contribution in [0.4, 0.5) is 8.78 Å². The Balaban J connectivity index is 1.44. The highest BCUT2D eigenvalue weighted by Gasteiger charge is 2.25. The van der Waals surface area contributed by atoms with Gasteiger partial charge in [-0.3, -0.25) is 14.6 Å². The summed E-state index contributed by atoms with van der Waals surface area (Å²) in [6.07, 6.45) is 2.86. The molecule has 1 fully saturated rings. The Morgan fingerprint density at radius 3 is 2.75 bits per heavy atom. The number of benzene rings is 1. The van der Waals surface area contributed by atoms with Crippen LogP contribution in [-0.4, -0.2) is 33.9 Å². The summed E-state index contributed by atoms with van der Waals surface area (Å²) in [5.41, 5.74) is 1.37. The van der Waals surface area contributed by atoms with E-state index in [2.05, 4.69) is 9.97 Å². The highest BCUT2D eigenvalue weighted by atomic mass is 19.1. The molecule has 2 aromatic heterocycles. The molecular formula is C21H19F2N3O2. The number of halogens is 2. The minimum atomic E-state index is -0.578. The average Bonchev–Trinajstić information content (AvgIpc) is 2.71. The smallest absolute Gasteiger partial charge is 0.257 e. The van der Waals surface area contributed by atoms with E-state index < -0.39 is 11.6 Å². The summed E-state index contributed by atoms with van der Waals surface area (Å²) < 4.78 is 27.1. The Labute approximate surface area is 160 Å². The van der Waals surface area contributed by atoms with E-state index in [-0.39, 0.29) is 29.4 Å². The maximum Gasteiger partial charge on any atom is 0.257 e. The van der Waals surface area contributed by atoms with Gasteiger partial charge in [-0.15, -0.1) is 0 Å². The van der Waals surface area contributed by atoms with Gasteiger partial charge in [0.2, 0.25) is 5.91 Å². The van der Waals surface area contributed by atoms with Gasteiger partial charge in [-0.1, -0.05) is 0 Å². The summed E-state index contributed by atoms with van der Waals surface area (Å²) in [5, 5.41) is 0.552. The van der Waals surface area contributed by atoms with Crippen LogP contribution >= 0.6 is 0 Å². The Bertz CT molecular complexity index is 1090. The zero-order valence-corrected chi connectivity index (χ0v) is 15.1. The average molecular weight is 383 g/mol. The van der Waals surface area contributed by atoms with E-state index in [1.165, 1.54) is 0 Å². The molecule has 0 unspecified atom stereocenters. The molecule has 0 aliphatic carbocycles. The number of amides is 1. The Morgan fingerprint density at radius 2 is 1.96 bits per heavy atom. The van der Waals surface area contributed by atoms with Gasteiger partial charge >= 0.3 is 0 Å². The van der Waals surface area contributed by atoms with Crippen molar-refractivity contribution in [2.45, 2.75) is 25.2 Å². The van der Waals surface area contributed by atoms with Gasteiger partial charge in [-0.25, -0.2) is 8.78 Å². The lowest BCUT2D eigenvalue weighted by Gasteiger charge is -2.32. The predicted octanol–water partition coefficient (Wildman–Crippen LogP) is 3.15. The van der Waals surface area contributed by atoms with Gasteiger partial charge in [0, 0.05) is 36.5 Å². The first-order chi connectivity index (χ1) is 13.5. The number of likely N-dealkylation sites (tertiary alicyclic amines) is 1. The number of rotatable bonds is 3. The predicted molar refractivity (Wildman–Crippen MR) is 101 cm³/mol. The molecule has 0 atom stereocenters. The lowest BCUT2D eigenvalue weighted by molar-refractivity contribution is -0.131. The second-order valence-corrected chi connectivity index (χ2v) is 7.06. The van der Waals surface area contributed by atoms with Crippen LogP contribution in [0.3, 0.4) is 0 Å². The van der Waals surface area contributed by atoms with Gasteiger partial charge in [0.25, 0.3) is 5.56 Å². The molecule has 0 bridgehead atoms. The number of aromatic nitrogens is 2. The fourth-order valence-corrected chi connectivity index (χ4v) is 3.72. The third-order valence-electron chi connectivity index (χ3n) is 5.27. The number of hydrogen-bond acceptors (Lipinski definition) is 3. The highest BCUT2D eigenvalue weighted by Crippen LogP contribution is 2.27. The number of carbonyl (C=O) groups excluding carboxylic acids is 1. The highest BCUT2D eigenvalue weighted by molar-refractivity contribution is 5.79. The standard InChI is InChI=1S/C21H19F2N3O2/c22-15-3-4-17(23)14(10-15)11-20(27)26-8-5-13(6-9-26)18-12-19-16(21(28)25-18)2-1-7-24-19/h1-4,7,10,12-13H,5-6,8-9,11H2,(H,25,28). The minimum absolute atomic E-state index is 0.0667. The quantitative estimate of drug-likeness (QED) is 0.756. The molecule has 7 heteroatoms. The zero-order valence-electron chi connectivity index (χ0n) is 15.1. The molecule has 28 heavy (non-hydrogen) atoms. The van der Waals surface area contributed by atoms with Crippen LogP contribution in [0, 0.1) is 11.6 Å². The van der Waals surface area contributed by atoms with E-state index in [4.69, 9.17) is 0 Å². The van der Waals surface area contributed by atoms with Crippen LogP contribution in [0.1, 0.15) is 30.0 Å². The summed E-state index contributed by atoms with van der Waals surface area (Å²) in [5.74, 6) is -1.24. The van der Waals surface area contributed by atoms with Gasteiger partial charge in [0.15, 0.2) is 0 Å². The Morgan fingerprint density at radius 1 is 1.18 bits per heavy atom. The number of nitrogens with zero attached hydrogens (tertiary/aromatic N) is 2. The monoisotopic (exact) mass is 383 g/mol. The molecule has 3 aromatic rings. The fourth-order valence-electron chi connectivity index (χ4n) is 3.72. The molecule has 1 aromatic carbocycles. The molecule has 3 heterocycles. The van der Waals surface area contributed by atoms with Crippen LogP contribution in [0.5, 0.6) is 0 Å². The van der Waals surface area contributed by atoms with E-state index in [0.29, 0.717) is 36.8 Å². The summed E-state index contributed by atoms with van der Waals surface area (Å²) in [4.78, 5) is 33.6. The third kappa shape index (κ3) is 3.65. The van der Waals surface area contributed by atoms with Gasteiger partial charge in [-0.2, -0.15) is 0 Å². The van der Waals surface area contributed by atoms with Crippen molar-refractivity contribution in [2.24, 2.45) is 0 Å². The molecule has 1 aliphatic heterocycles. The largest absolute Gasteiger partial charge is 0.342 e. The number of pyridine rings is 2. The van der Waals surface area contributed by atoms with Crippen molar-refractivity contribution in [3.8, 4) is 0 Å². The molecule has 4 rings (SSSR count). The van der Waals surface area contributed by atoms with Crippen molar-refractivity contribution in [1.29, 1.82) is 0 Å². The number of carbonyl (C=O) groups is 1. The van der Waals surface area contributed by atoms with E-state index in [0.717, 1.165) is 23.9 Å². The normalized spacial score (nSPS) is 15.1. The summed E-state index contributed by atoms with van der Waals surface area (Å²) in [6, 6.07) is 8.48. The lowest BCUT2D eigenvalue weighted by atomic mass is 9.92. The molecule has 0 saturated carbocycles. The van der Waals surface area contributed by atoms with Gasteiger partial charge in [0.05, 0.1) is 17.3 Å². The Hall–Kier alpha value is -3.09. The van der Waals surface area contributed by atoms with Crippen LogP contribution in [-0.2, 0) is 11.2 Å². The number of aromatic amines is 1. The second kappa shape index (κ2) is 7.50. The molecule has 144 valence electrons. The van der Waals surface area contributed by atoms with E-state index in [9.17, 15) is 18.4 Å². The summed E-state index contributed by atoms with van der Waals surface area (Å²) >= 11 is 0. The molecule has 5 nitrogen and oxygen atoms in total. The molecule has 1 aliphatic rings. The van der Waals surface area contributed by atoms with Gasteiger partial charge < -0.3 is 9.88 Å². The lowest BCUT2D eigenvalue weighted by Crippen LogP contribution is -2.39. The van der Waals surface area contributed by atoms with Gasteiger partial charge in [0.1, 0.15) is 11.6 Å². The Kier molecular flexibility index (Phi) is 4.90.